The standard InChI is InChI=1S/C15H20O6S/c1-9(16)22-6-5-12(17)15(20)11-7-10(8-14(18)19)3-4-13(11)21-2/h3-4,7,12,15,17,20H,5-6,8H2,1-2H3,(H,18,19). The molecule has 0 fully saturated rings. The Balaban J connectivity index is 2.86. The summed E-state index contributed by atoms with van der Waals surface area (Å²) in [5, 5.41) is 29.1. The fourth-order valence-electron chi connectivity index (χ4n) is 1.99. The van der Waals surface area contributed by atoms with Crippen molar-refractivity contribution in [3.63, 3.8) is 0 Å². The molecule has 1 aromatic carbocycles. The van der Waals surface area contributed by atoms with Crippen molar-refractivity contribution in [1.82, 2.24) is 0 Å². The zero-order valence-electron chi connectivity index (χ0n) is 12.5. The molecule has 0 aliphatic carbocycles. The van der Waals surface area contributed by atoms with Crippen molar-refractivity contribution in [2.75, 3.05) is 12.9 Å². The van der Waals surface area contributed by atoms with E-state index in [-0.39, 0.29) is 18.0 Å². The Labute approximate surface area is 133 Å². The average Bonchev–Trinajstić information content (AvgIpc) is 2.45. The maximum absolute atomic E-state index is 10.9. The molecule has 0 saturated heterocycles. The summed E-state index contributed by atoms with van der Waals surface area (Å²) >= 11 is 1.07. The predicted octanol–water partition coefficient (Wildman–Crippen LogP) is 1.39. The molecule has 0 aromatic heterocycles. The molecule has 0 aliphatic heterocycles. The molecule has 3 N–H and O–H groups in total. The number of carboxylic acids is 1. The Bertz CT molecular complexity index is 531. The van der Waals surface area contributed by atoms with E-state index in [1.165, 1.54) is 20.1 Å². The lowest BCUT2D eigenvalue weighted by Gasteiger charge is -2.20. The van der Waals surface area contributed by atoms with Gasteiger partial charge in [0, 0.05) is 18.2 Å². The third-order valence-corrected chi connectivity index (χ3v) is 3.90. The molecule has 6 nitrogen and oxygen atoms in total. The highest BCUT2D eigenvalue weighted by Crippen LogP contribution is 2.30. The van der Waals surface area contributed by atoms with Crippen LogP contribution in [0.2, 0.25) is 0 Å². The smallest absolute Gasteiger partial charge is 0.307 e. The van der Waals surface area contributed by atoms with Gasteiger partial charge >= 0.3 is 5.97 Å². The molecule has 0 aliphatic rings. The minimum atomic E-state index is -1.21. The zero-order chi connectivity index (χ0) is 16.7. The van der Waals surface area contributed by atoms with Crippen molar-refractivity contribution in [2.24, 2.45) is 0 Å². The van der Waals surface area contributed by atoms with E-state index in [2.05, 4.69) is 0 Å². The molecule has 122 valence electrons. The maximum atomic E-state index is 10.9. The Morgan fingerprint density at radius 3 is 2.55 bits per heavy atom. The first kappa shape index (κ1) is 18.5. The van der Waals surface area contributed by atoms with Gasteiger partial charge in [-0.1, -0.05) is 17.8 Å². The van der Waals surface area contributed by atoms with Gasteiger partial charge in [-0.3, -0.25) is 9.59 Å². The van der Waals surface area contributed by atoms with E-state index in [1.54, 1.807) is 12.1 Å². The number of aliphatic hydroxyl groups is 2. The molecular formula is C15H20O6S. The van der Waals surface area contributed by atoms with Crippen molar-refractivity contribution >= 4 is 22.8 Å². The first-order valence-corrected chi connectivity index (χ1v) is 7.71. The number of ether oxygens (including phenoxy) is 1. The molecule has 2 atom stereocenters. The van der Waals surface area contributed by atoms with Crippen LogP contribution in [0, 0.1) is 0 Å². The fourth-order valence-corrected chi connectivity index (χ4v) is 2.63. The first-order chi connectivity index (χ1) is 10.3. The van der Waals surface area contributed by atoms with Crippen LogP contribution in [-0.4, -0.2) is 45.4 Å². The number of carbonyl (C=O) groups excluding carboxylic acids is 1. The number of thioether (sulfide) groups is 1. The van der Waals surface area contributed by atoms with Crippen LogP contribution in [0.5, 0.6) is 5.75 Å². The van der Waals surface area contributed by atoms with Gasteiger partial charge in [0.05, 0.1) is 19.6 Å². The highest BCUT2D eigenvalue weighted by molar-refractivity contribution is 8.13. The van der Waals surface area contributed by atoms with E-state index in [9.17, 15) is 19.8 Å². The number of rotatable bonds is 8. The van der Waals surface area contributed by atoms with Crippen molar-refractivity contribution in [1.29, 1.82) is 0 Å². The van der Waals surface area contributed by atoms with Gasteiger partial charge in [-0.25, -0.2) is 0 Å². The third-order valence-electron chi connectivity index (χ3n) is 3.05. The topological polar surface area (TPSA) is 104 Å². The summed E-state index contributed by atoms with van der Waals surface area (Å²) in [5.41, 5.74) is 0.842. The normalized spacial score (nSPS) is 13.5. The summed E-state index contributed by atoms with van der Waals surface area (Å²) in [4.78, 5) is 21.6. The molecule has 22 heavy (non-hydrogen) atoms. The van der Waals surface area contributed by atoms with Crippen LogP contribution in [-0.2, 0) is 16.0 Å². The largest absolute Gasteiger partial charge is 0.496 e. The van der Waals surface area contributed by atoms with Gasteiger partial charge in [0.2, 0.25) is 0 Å². The number of hydrogen-bond acceptors (Lipinski definition) is 6. The molecule has 0 bridgehead atoms. The van der Waals surface area contributed by atoms with Gasteiger partial charge < -0.3 is 20.1 Å². The minimum Gasteiger partial charge on any atom is -0.496 e. The van der Waals surface area contributed by atoms with E-state index >= 15 is 0 Å². The highest BCUT2D eigenvalue weighted by Gasteiger charge is 2.22. The SMILES string of the molecule is COc1ccc(CC(=O)O)cc1C(O)C(O)CCSC(C)=O. The fraction of sp³-hybridized carbons (Fsp3) is 0.467. The van der Waals surface area contributed by atoms with Crippen molar-refractivity contribution in [2.45, 2.75) is 32.0 Å². The summed E-state index contributed by atoms with van der Waals surface area (Å²) in [6, 6.07) is 4.67. The lowest BCUT2D eigenvalue weighted by Crippen LogP contribution is -2.20. The van der Waals surface area contributed by atoms with Gasteiger partial charge in [-0.15, -0.1) is 0 Å². The number of carboxylic acid groups (broad SMARTS) is 1. The maximum Gasteiger partial charge on any atom is 0.307 e. The molecule has 0 amide bonds. The van der Waals surface area contributed by atoms with Crippen molar-refractivity contribution in [3.05, 3.63) is 29.3 Å². The zero-order valence-corrected chi connectivity index (χ0v) is 13.3. The van der Waals surface area contributed by atoms with Crippen molar-refractivity contribution in [3.8, 4) is 5.75 Å². The molecule has 2 unspecified atom stereocenters. The second-order valence-electron chi connectivity index (χ2n) is 4.79. The summed E-state index contributed by atoms with van der Waals surface area (Å²) < 4.78 is 5.14. The lowest BCUT2D eigenvalue weighted by atomic mass is 9.98. The second-order valence-corrected chi connectivity index (χ2v) is 6.06. The third kappa shape index (κ3) is 5.67. The van der Waals surface area contributed by atoms with E-state index < -0.39 is 18.2 Å². The van der Waals surface area contributed by atoms with E-state index in [4.69, 9.17) is 9.84 Å². The van der Waals surface area contributed by atoms with Crippen LogP contribution in [0.15, 0.2) is 18.2 Å². The summed E-state index contributed by atoms with van der Waals surface area (Å²) in [5.74, 6) is -0.214. The molecule has 1 rings (SSSR count). The van der Waals surface area contributed by atoms with Crippen LogP contribution in [0.25, 0.3) is 0 Å². The average molecular weight is 328 g/mol. The monoisotopic (exact) mass is 328 g/mol. The summed E-state index contributed by atoms with van der Waals surface area (Å²) in [7, 11) is 1.43. The number of carbonyl (C=O) groups is 2. The van der Waals surface area contributed by atoms with Crippen LogP contribution in [0.3, 0.4) is 0 Å². The van der Waals surface area contributed by atoms with Gasteiger partial charge in [0.1, 0.15) is 11.9 Å². The van der Waals surface area contributed by atoms with Crippen LogP contribution < -0.4 is 4.74 Å². The molecule has 0 spiro atoms. The molecule has 0 radical (unpaired) electrons. The predicted molar refractivity (Wildman–Crippen MR) is 83.1 cm³/mol. The summed E-state index contributed by atoms with van der Waals surface area (Å²) in [6.07, 6.45) is -2.23. The van der Waals surface area contributed by atoms with Crippen LogP contribution in [0.4, 0.5) is 0 Å². The Kier molecular flexibility index (Phi) is 7.37. The number of aliphatic hydroxyl groups excluding tert-OH is 2. The second kappa shape index (κ2) is 8.77. The Morgan fingerprint density at radius 1 is 1.32 bits per heavy atom. The highest BCUT2D eigenvalue weighted by atomic mass is 32.2. The Morgan fingerprint density at radius 2 is 2.00 bits per heavy atom. The molecule has 7 heteroatoms. The van der Waals surface area contributed by atoms with Gasteiger partial charge in [-0.2, -0.15) is 0 Å². The number of aliphatic carboxylic acids is 1. The molecule has 0 saturated carbocycles. The Hall–Kier alpha value is -1.57. The molecule has 0 heterocycles. The van der Waals surface area contributed by atoms with Crippen LogP contribution >= 0.6 is 11.8 Å². The number of benzene rings is 1. The minimum absolute atomic E-state index is 0.0530. The van der Waals surface area contributed by atoms with E-state index in [0.717, 1.165) is 11.8 Å². The van der Waals surface area contributed by atoms with E-state index in [1.807, 2.05) is 0 Å². The lowest BCUT2D eigenvalue weighted by molar-refractivity contribution is -0.136. The molecular weight excluding hydrogens is 308 g/mol. The van der Waals surface area contributed by atoms with E-state index in [0.29, 0.717) is 22.6 Å². The number of methoxy groups -OCH3 is 1. The molecule has 1 aromatic rings. The number of hydrogen-bond donors (Lipinski definition) is 3. The van der Waals surface area contributed by atoms with Gasteiger partial charge in [-0.05, 0) is 24.1 Å². The van der Waals surface area contributed by atoms with Crippen LogP contribution in [0.1, 0.15) is 30.6 Å². The van der Waals surface area contributed by atoms with Gasteiger partial charge in [0.25, 0.3) is 0 Å². The van der Waals surface area contributed by atoms with Gasteiger partial charge in [0.15, 0.2) is 5.12 Å². The first-order valence-electron chi connectivity index (χ1n) is 6.73. The summed E-state index contributed by atoms with van der Waals surface area (Å²) in [6.45, 7) is 1.44. The quantitative estimate of drug-likeness (QED) is 0.662. The van der Waals surface area contributed by atoms with Crippen molar-refractivity contribution < 1.29 is 29.6 Å².